The van der Waals surface area contributed by atoms with Gasteiger partial charge < -0.3 is 5.32 Å². The molecule has 16 heavy (non-hydrogen) atoms. The summed E-state index contributed by atoms with van der Waals surface area (Å²) in [6.07, 6.45) is 5.34. The van der Waals surface area contributed by atoms with E-state index in [1.54, 1.807) is 0 Å². The van der Waals surface area contributed by atoms with Gasteiger partial charge in [-0.15, -0.1) is 0 Å². The Bertz CT molecular complexity index is 260. The zero-order chi connectivity index (χ0) is 11.8. The summed E-state index contributed by atoms with van der Waals surface area (Å²) in [5.74, 6) is 0.806. The largest absolute Gasteiger partial charge is 0.317 e. The van der Waals surface area contributed by atoms with E-state index < -0.39 is 0 Å². The third kappa shape index (κ3) is 3.64. The molecule has 1 nitrogen and oxygen atoms in total. The SMILES string of the molecule is CC.CNC1CCC(c2ccccc2)CC1. The molecular formula is C15H25N. The highest BCUT2D eigenvalue weighted by Crippen LogP contribution is 2.32. The summed E-state index contributed by atoms with van der Waals surface area (Å²) in [7, 11) is 2.08. The lowest BCUT2D eigenvalue weighted by atomic mass is 9.82. The molecule has 0 aliphatic heterocycles. The first-order valence-corrected chi connectivity index (χ1v) is 6.62. The molecule has 1 aliphatic rings. The van der Waals surface area contributed by atoms with Crippen molar-refractivity contribution < 1.29 is 0 Å². The molecule has 1 aliphatic carbocycles. The van der Waals surface area contributed by atoms with Gasteiger partial charge in [-0.05, 0) is 44.2 Å². The van der Waals surface area contributed by atoms with Gasteiger partial charge in [0.25, 0.3) is 0 Å². The fourth-order valence-corrected chi connectivity index (χ4v) is 2.44. The molecule has 0 unspecified atom stereocenters. The van der Waals surface area contributed by atoms with Crippen molar-refractivity contribution in [3.63, 3.8) is 0 Å². The van der Waals surface area contributed by atoms with Crippen LogP contribution in [0, 0.1) is 0 Å². The molecule has 0 heterocycles. The third-order valence-corrected chi connectivity index (χ3v) is 3.41. The van der Waals surface area contributed by atoms with E-state index in [0.29, 0.717) is 0 Å². The lowest BCUT2D eigenvalue weighted by Gasteiger charge is -2.28. The molecule has 1 N–H and O–H groups in total. The normalized spacial score (nSPS) is 24.4. The topological polar surface area (TPSA) is 12.0 Å². The molecule has 90 valence electrons. The van der Waals surface area contributed by atoms with Crippen LogP contribution in [-0.4, -0.2) is 13.1 Å². The molecule has 1 saturated carbocycles. The average Bonchev–Trinajstić information content (AvgIpc) is 2.42. The summed E-state index contributed by atoms with van der Waals surface area (Å²) in [4.78, 5) is 0. The Morgan fingerprint density at radius 1 is 0.938 bits per heavy atom. The fourth-order valence-electron chi connectivity index (χ4n) is 2.44. The van der Waals surface area contributed by atoms with Gasteiger partial charge >= 0.3 is 0 Å². The number of nitrogens with one attached hydrogen (secondary N) is 1. The standard InChI is InChI=1S/C13H19N.C2H6/c1-14-13-9-7-12(8-10-13)11-5-3-2-4-6-11;1-2/h2-6,12-14H,7-10H2,1H3;1-2H3. The molecule has 1 aromatic rings. The second-order valence-electron chi connectivity index (χ2n) is 4.25. The Morgan fingerprint density at radius 2 is 1.50 bits per heavy atom. The van der Waals surface area contributed by atoms with Crippen molar-refractivity contribution in [2.24, 2.45) is 0 Å². The summed E-state index contributed by atoms with van der Waals surface area (Å²) in [6.45, 7) is 4.00. The Labute approximate surface area is 100 Å². The van der Waals surface area contributed by atoms with E-state index in [0.717, 1.165) is 12.0 Å². The van der Waals surface area contributed by atoms with E-state index in [1.165, 1.54) is 31.2 Å². The van der Waals surface area contributed by atoms with E-state index in [-0.39, 0.29) is 0 Å². The first-order valence-electron chi connectivity index (χ1n) is 6.62. The first kappa shape index (κ1) is 13.2. The van der Waals surface area contributed by atoms with Crippen molar-refractivity contribution in [3.05, 3.63) is 35.9 Å². The monoisotopic (exact) mass is 219 g/mol. The number of benzene rings is 1. The van der Waals surface area contributed by atoms with Crippen molar-refractivity contribution in [1.29, 1.82) is 0 Å². The van der Waals surface area contributed by atoms with Crippen molar-refractivity contribution in [1.82, 2.24) is 5.32 Å². The predicted octanol–water partition coefficient (Wildman–Crippen LogP) is 3.96. The van der Waals surface area contributed by atoms with Crippen LogP contribution in [0.15, 0.2) is 30.3 Å². The van der Waals surface area contributed by atoms with Crippen LogP contribution >= 0.6 is 0 Å². The molecule has 0 saturated heterocycles. The minimum absolute atomic E-state index is 0.759. The molecule has 1 fully saturated rings. The molecular weight excluding hydrogens is 194 g/mol. The van der Waals surface area contributed by atoms with E-state index in [2.05, 4.69) is 42.7 Å². The molecule has 0 amide bonds. The lowest BCUT2D eigenvalue weighted by Crippen LogP contribution is -2.29. The third-order valence-electron chi connectivity index (χ3n) is 3.41. The quantitative estimate of drug-likeness (QED) is 0.794. The van der Waals surface area contributed by atoms with E-state index in [9.17, 15) is 0 Å². The van der Waals surface area contributed by atoms with Gasteiger partial charge in [0.1, 0.15) is 0 Å². The minimum atomic E-state index is 0.759. The van der Waals surface area contributed by atoms with Gasteiger partial charge in [-0.25, -0.2) is 0 Å². The van der Waals surface area contributed by atoms with Crippen molar-refractivity contribution >= 4 is 0 Å². The Hall–Kier alpha value is -0.820. The highest BCUT2D eigenvalue weighted by molar-refractivity contribution is 5.19. The summed E-state index contributed by atoms with van der Waals surface area (Å²) >= 11 is 0. The molecule has 1 aromatic carbocycles. The van der Waals surface area contributed by atoms with Gasteiger partial charge in [0.05, 0.1) is 0 Å². The van der Waals surface area contributed by atoms with Crippen LogP contribution in [0.4, 0.5) is 0 Å². The van der Waals surface area contributed by atoms with E-state index >= 15 is 0 Å². The Kier molecular flexibility index (Phi) is 6.17. The van der Waals surface area contributed by atoms with Gasteiger partial charge in [-0.3, -0.25) is 0 Å². The summed E-state index contributed by atoms with van der Waals surface area (Å²) in [5.41, 5.74) is 1.53. The predicted molar refractivity (Wildman–Crippen MR) is 71.8 cm³/mol. The minimum Gasteiger partial charge on any atom is -0.317 e. The zero-order valence-corrected chi connectivity index (χ0v) is 10.9. The summed E-state index contributed by atoms with van der Waals surface area (Å²) < 4.78 is 0. The Balaban J connectivity index is 0.000000606. The van der Waals surface area contributed by atoms with Crippen LogP contribution in [0.3, 0.4) is 0 Å². The molecule has 2 rings (SSSR count). The highest BCUT2D eigenvalue weighted by atomic mass is 14.9. The maximum Gasteiger partial charge on any atom is 0.00644 e. The number of hydrogen-bond donors (Lipinski definition) is 1. The van der Waals surface area contributed by atoms with Crippen LogP contribution in [-0.2, 0) is 0 Å². The van der Waals surface area contributed by atoms with Crippen molar-refractivity contribution in [3.8, 4) is 0 Å². The molecule has 0 aromatic heterocycles. The van der Waals surface area contributed by atoms with Crippen LogP contribution in [0.5, 0.6) is 0 Å². The average molecular weight is 219 g/mol. The van der Waals surface area contributed by atoms with Crippen LogP contribution < -0.4 is 5.32 Å². The fraction of sp³-hybridized carbons (Fsp3) is 0.600. The van der Waals surface area contributed by atoms with Crippen molar-refractivity contribution in [2.75, 3.05) is 7.05 Å². The number of hydrogen-bond acceptors (Lipinski definition) is 1. The molecule has 0 spiro atoms. The van der Waals surface area contributed by atoms with Gasteiger partial charge in [-0.2, -0.15) is 0 Å². The highest BCUT2D eigenvalue weighted by Gasteiger charge is 2.20. The maximum absolute atomic E-state index is 3.38. The summed E-state index contributed by atoms with van der Waals surface area (Å²) in [5, 5.41) is 3.38. The smallest absolute Gasteiger partial charge is 0.00644 e. The van der Waals surface area contributed by atoms with Gasteiger partial charge in [0.15, 0.2) is 0 Å². The molecule has 0 bridgehead atoms. The molecule has 0 atom stereocenters. The van der Waals surface area contributed by atoms with E-state index in [1.807, 2.05) is 13.8 Å². The van der Waals surface area contributed by atoms with Crippen LogP contribution in [0.2, 0.25) is 0 Å². The summed E-state index contributed by atoms with van der Waals surface area (Å²) in [6, 6.07) is 11.7. The van der Waals surface area contributed by atoms with Gasteiger partial charge in [0, 0.05) is 6.04 Å². The first-order chi connectivity index (χ1) is 7.90. The van der Waals surface area contributed by atoms with Gasteiger partial charge in [-0.1, -0.05) is 44.2 Å². The van der Waals surface area contributed by atoms with Gasteiger partial charge in [0.2, 0.25) is 0 Å². The molecule has 1 heteroatoms. The zero-order valence-electron chi connectivity index (χ0n) is 10.9. The van der Waals surface area contributed by atoms with Crippen LogP contribution in [0.1, 0.15) is 51.0 Å². The lowest BCUT2D eigenvalue weighted by molar-refractivity contribution is 0.359. The van der Waals surface area contributed by atoms with Crippen LogP contribution in [0.25, 0.3) is 0 Å². The second kappa shape index (κ2) is 7.45. The maximum atomic E-state index is 3.38. The molecule has 0 radical (unpaired) electrons. The second-order valence-corrected chi connectivity index (χ2v) is 4.25. The Morgan fingerprint density at radius 3 is 2.00 bits per heavy atom. The number of rotatable bonds is 2. The van der Waals surface area contributed by atoms with E-state index in [4.69, 9.17) is 0 Å². The van der Waals surface area contributed by atoms with Crippen molar-refractivity contribution in [2.45, 2.75) is 51.5 Å².